The number of fused-ring (bicyclic) bond motifs is 4. The number of hydrogen-bond acceptors (Lipinski definition) is 8. The number of amides is 5. The topological polar surface area (TPSA) is 178 Å². The van der Waals surface area contributed by atoms with Crippen molar-refractivity contribution in [2.75, 3.05) is 27.3 Å². The second-order valence-electron chi connectivity index (χ2n) is 17.9. The van der Waals surface area contributed by atoms with E-state index in [-0.39, 0.29) is 41.4 Å². The fourth-order valence-electron chi connectivity index (χ4n) is 9.93. The summed E-state index contributed by atoms with van der Waals surface area (Å²) in [6.07, 6.45) is 8.21. The van der Waals surface area contributed by atoms with Gasteiger partial charge in [0.15, 0.2) is 0 Å². The maximum absolute atomic E-state index is 14.0. The first-order valence-electron chi connectivity index (χ1n) is 21.6. The van der Waals surface area contributed by atoms with E-state index in [1.165, 1.54) is 35.9 Å². The number of likely N-dealkylation sites (tertiary alicyclic amines) is 2. The number of aromatic amines is 2. The third-order valence-corrected chi connectivity index (χ3v) is 13.4. The molecule has 9 rings (SSSR count). The monoisotopic (exact) mass is 829 g/mol. The molecule has 1 saturated carbocycles. The van der Waals surface area contributed by atoms with Crippen LogP contribution in [0.4, 0.5) is 14.4 Å². The smallest absolute Gasteiger partial charge is 0.425 e. The summed E-state index contributed by atoms with van der Waals surface area (Å²) < 4.78 is 9.61. The van der Waals surface area contributed by atoms with Crippen LogP contribution in [0.2, 0.25) is 0 Å². The van der Waals surface area contributed by atoms with E-state index in [0.29, 0.717) is 13.1 Å². The number of H-pyrrole nitrogens is 2. The Bertz CT molecular complexity index is 2540. The van der Waals surface area contributed by atoms with Crippen molar-refractivity contribution in [3.8, 4) is 22.4 Å². The van der Waals surface area contributed by atoms with Gasteiger partial charge in [-0.25, -0.2) is 34.8 Å². The Morgan fingerprint density at radius 3 is 2.34 bits per heavy atom. The van der Waals surface area contributed by atoms with Gasteiger partial charge >= 0.3 is 18.2 Å². The van der Waals surface area contributed by atoms with Gasteiger partial charge in [-0.15, -0.1) is 0 Å². The number of benzene rings is 3. The summed E-state index contributed by atoms with van der Waals surface area (Å²) in [7, 11) is 2.59. The number of hydrazine groups is 1. The van der Waals surface area contributed by atoms with Crippen LogP contribution in [0.1, 0.15) is 101 Å². The lowest BCUT2D eigenvalue weighted by molar-refractivity contribution is -0.135. The van der Waals surface area contributed by atoms with Gasteiger partial charge in [0.05, 0.1) is 49.2 Å². The Morgan fingerprint density at radius 2 is 1.62 bits per heavy atom. The molecule has 2 aromatic heterocycles. The predicted molar refractivity (Wildman–Crippen MR) is 230 cm³/mol. The number of imidazole rings is 2. The molecule has 320 valence electrons. The van der Waals surface area contributed by atoms with Crippen molar-refractivity contribution >= 4 is 45.9 Å². The van der Waals surface area contributed by atoms with Crippen LogP contribution >= 0.6 is 0 Å². The van der Waals surface area contributed by atoms with E-state index < -0.39 is 18.2 Å². The Hall–Kier alpha value is -6.12. The van der Waals surface area contributed by atoms with Gasteiger partial charge in [0, 0.05) is 30.1 Å². The largest absolute Gasteiger partial charge is 0.453 e. The van der Waals surface area contributed by atoms with E-state index in [1.54, 1.807) is 0 Å². The fourth-order valence-corrected chi connectivity index (χ4v) is 9.93. The third kappa shape index (κ3) is 7.31. The molecule has 5 aromatic rings. The Kier molecular flexibility index (Phi) is 10.4. The van der Waals surface area contributed by atoms with Crippen LogP contribution in [-0.2, 0) is 27.1 Å². The third-order valence-electron chi connectivity index (χ3n) is 13.4. The molecule has 0 unspecified atom stereocenters. The molecule has 3 aromatic carbocycles. The van der Waals surface area contributed by atoms with E-state index in [9.17, 15) is 19.2 Å². The fraction of sp³-hybridized carbons (Fsp3) is 0.478. The predicted octanol–water partition coefficient (Wildman–Crippen LogP) is 7.93. The number of nitrogens with one attached hydrogen (secondary N) is 4. The number of aromatic nitrogens is 4. The lowest BCUT2D eigenvalue weighted by atomic mass is 9.91. The molecule has 2 aliphatic heterocycles. The lowest BCUT2D eigenvalue weighted by Crippen LogP contribution is -2.55. The highest BCUT2D eigenvalue weighted by Crippen LogP contribution is 2.58. The summed E-state index contributed by atoms with van der Waals surface area (Å²) in [5.74, 6) is 1.27. The molecule has 3 atom stereocenters. The average Bonchev–Trinajstić information content (AvgIpc) is 3.92. The van der Waals surface area contributed by atoms with Crippen molar-refractivity contribution in [3.05, 3.63) is 71.4 Å². The van der Waals surface area contributed by atoms with Crippen molar-refractivity contribution in [1.29, 1.82) is 0 Å². The van der Waals surface area contributed by atoms with Crippen LogP contribution < -0.4 is 10.7 Å². The summed E-state index contributed by atoms with van der Waals surface area (Å²) in [4.78, 5) is 72.8. The van der Waals surface area contributed by atoms with E-state index in [2.05, 4.69) is 63.2 Å². The van der Waals surface area contributed by atoms with E-state index >= 15 is 0 Å². The van der Waals surface area contributed by atoms with Crippen LogP contribution in [-0.4, -0.2) is 98.3 Å². The number of hydrogen-bond donors (Lipinski definition) is 4. The minimum atomic E-state index is -0.695. The average molecular weight is 830 g/mol. The summed E-state index contributed by atoms with van der Waals surface area (Å²) >= 11 is 0. The first-order chi connectivity index (χ1) is 29.4. The lowest BCUT2D eigenvalue weighted by Gasteiger charge is -2.33. The number of ether oxygens (including phenoxy) is 2. The molecular formula is C46H55N9O6. The second-order valence-corrected chi connectivity index (χ2v) is 17.9. The maximum atomic E-state index is 14.0. The zero-order chi connectivity index (χ0) is 42.7. The molecule has 15 nitrogen and oxygen atoms in total. The summed E-state index contributed by atoms with van der Waals surface area (Å²) in [5.41, 5.74) is 11.6. The maximum Gasteiger partial charge on any atom is 0.425 e. The van der Waals surface area contributed by atoms with Gasteiger partial charge in [0.1, 0.15) is 17.7 Å². The quantitative estimate of drug-likeness (QED) is 0.114. The molecule has 5 amide bonds. The van der Waals surface area contributed by atoms with Gasteiger partial charge in [-0.3, -0.25) is 4.79 Å². The number of alkyl carbamates (subject to hydrolysis) is 1. The molecule has 4 aliphatic rings. The van der Waals surface area contributed by atoms with Gasteiger partial charge in [-0.05, 0) is 116 Å². The van der Waals surface area contributed by atoms with Gasteiger partial charge in [0.25, 0.3) is 0 Å². The highest BCUT2D eigenvalue weighted by Gasteiger charge is 2.55. The Balaban J connectivity index is 0.975. The first-order valence-corrected chi connectivity index (χ1v) is 21.6. The number of nitrogens with zero attached hydrogens (tertiary/aromatic N) is 5. The number of carbonyl (C=O) groups excluding carboxylic acids is 4. The zero-order valence-corrected chi connectivity index (χ0v) is 35.8. The molecule has 4 N–H and O–H groups in total. The first kappa shape index (κ1) is 40.3. The van der Waals surface area contributed by atoms with Gasteiger partial charge in [-0.2, -0.15) is 0 Å². The van der Waals surface area contributed by atoms with Crippen molar-refractivity contribution < 1.29 is 28.7 Å². The van der Waals surface area contributed by atoms with Crippen LogP contribution in [0.3, 0.4) is 0 Å². The van der Waals surface area contributed by atoms with E-state index in [0.717, 1.165) is 102 Å². The molecule has 61 heavy (non-hydrogen) atoms. The Morgan fingerprint density at radius 1 is 0.869 bits per heavy atom. The number of rotatable bonds is 8. The molecule has 2 saturated heterocycles. The van der Waals surface area contributed by atoms with Crippen molar-refractivity contribution in [1.82, 2.24) is 45.5 Å². The summed E-state index contributed by atoms with van der Waals surface area (Å²) in [6, 6.07) is 13.5. The highest BCUT2D eigenvalue weighted by molar-refractivity contribution is 6.05. The molecule has 4 heterocycles. The standard InChI is InChI=1S/C46H55N9O6/c1-25(2)38(51-43(57)60-5)42(56)53-20-8-11-36(53)41-48-34-17-13-28-21-27(12-14-30(28)39(34)50-41)29-15-16-33(32-10-7-9-31(29)32)35-23-47-40(49-35)37-22-46(18-19-46)24-54(37)45(59)55(26(3)4)52-44(58)61-6/h12-17,21,23,25-26,36-38H,7-11,18-20,22,24H2,1-6H3,(H,47,49)(H,48,50)(H,51,57)(H,52,58)/t36-,37-,38-/m0/s1. The van der Waals surface area contributed by atoms with Crippen LogP contribution in [0.25, 0.3) is 44.2 Å². The van der Waals surface area contributed by atoms with Gasteiger partial charge in [-0.1, -0.05) is 44.2 Å². The molecule has 2 aliphatic carbocycles. The van der Waals surface area contributed by atoms with Gasteiger partial charge in [0.2, 0.25) is 5.91 Å². The number of carbonyl (C=O) groups is 4. The van der Waals surface area contributed by atoms with Crippen molar-refractivity contribution in [3.63, 3.8) is 0 Å². The van der Waals surface area contributed by atoms with Gasteiger partial charge < -0.3 is 34.6 Å². The number of methoxy groups -OCH3 is 2. The summed E-state index contributed by atoms with van der Waals surface area (Å²) in [5, 5.41) is 6.20. The molecule has 0 radical (unpaired) electrons. The molecule has 1 spiro atoms. The zero-order valence-electron chi connectivity index (χ0n) is 35.8. The van der Waals surface area contributed by atoms with E-state index in [4.69, 9.17) is 19.4 Å². The van der Waals surface area contributed by atoms with E-state index in [1.807, 2.05) is 43.7 Å². The molecule has 15 heteroatoms. The minimum Gasteiger partial charge on any atom is -0.453 e. The SMILES string of the molecule is COC(=O)N[C@H](C(=O)N1CCC[C@H]1c1nc2c(ccc3cc(-c4ccc(-c5cnc([C@@H]6CC7(CC7)CN6C(=O)N(NC(=O)OC)C(C)C)[nH]5)c5c4CCC5)ccc32)[nH]1)C(C)C. The van der Waals surface area contributed by atoms with Crippen LogP contribution in [0.5, 0.6) is 0 Å². The minimum absolute atomic E-state index is 0.0930. The molecular weight excluding hydrogens is 775 g/mol. The van der Waals surface area contributed by atoms with Crippen LogP contribution in [0.15, 0.2) is 48.7 Å². The number of urea groups is 1. The molecule has 0 bridgehead atoms. The van der Waals surface area contributed by atoms with Crippen molar-refractivity contribution in [2.24, 2.45) is 11.3 Å². The summed E-state index contributed by atoms with van der Waals surface area (Å²) in [6.45, 7) is 8.77. The Labute approximate surface area is 354 Å². The van der Waals surface area contributed by atoms with Crippen LogP contribution in [0, 0.1) is 11.3 Å². The normalized spacial score (nSPS) is 19.5. The molecule has 3 fully saturated rings. The highest BCUT2D eigenvalue weighted by atomic mass is 16.5. The second kappa shape index (κ2) is 15.7. The van der Waals surface area contributed by atoms with Crippen molar-refractivity contribution in [2.45, 2.75) is 103 Å².